The molecule has 0 aliphatic carbocycles. The first-order chi connectivity index (χ1) is 8.79. The summed E-state index contributed by atoms with van der Waals surface area (Å²) in [4.78, 5) is 18.5. The van der Waals surface area contributed by atoms with Gasteiger partial charge in [-0.15, -0.1) is 0 Å². The monoisotopic (exact) mass is 242 g/mol. The predicted molar refractivity (Wildman–Crippen MR) is 66.5 cm³/mol. The molecule has 6 nitrogen and oxygen atoms in total. The number of aromatic nitrogens is 4. The number of nitrogens with one attached hydrogen (secondary N) is 2. The molecule has 2 aromatic heterocycles. The van der Waals surface area contributed by atoms with Gasteiger partial charge in [0.05, 0.1) is 24.5 Å². The number of fused-ring (bicyclic) bond motifs is 1. The van der Waals surface area contributed by atoms with Crippen molar-refractivity contribution in [2.75, 3.05) is 7.11 Å². The molecule has 3 rings (SSSR count). The molecule has 0 aliphatic rings. The van der Waals surface area contributed by atoms with E-state index in [9.17, 15) is 4.79 Å². The van der Waals surface area contributed by atoms with E-state index in [0.29, 0.717) is 16.7 Å². The quantitative estimate of drug-likeness (QED) is 0.709. The summed E-state index contributed by atoms with van der Waals surface area (Å²) in [5.41, 5.74) is 2.00. The smallest absolute Gasteiger partial charge is 0.258 e. The molecule has 0 amide bonds. The van der Waals surface area contributed by atoms with Crippen molar-refractivity contribution in [3.8, 4) is 17.0 Å². The minimum Gasteiger partial charge on any atom is -0.494 e. The first-order valence-corrected chi connectivity index (χ1v) is 5.35. The molecule has 2 N–H and O–H groups in total. The first kappa shape index (κ1) is 10.5. The molecule has 0 spiro atoms. The van der Waals surface area contributed by atoms with Crippen LogP contribution in [-0.2, 0) is 0 Å². The Balaban J connectivity index is 2.37. The highest BCUT2D eigenvalue weighted by atomic mass is 16.5. The molecular weight excluding hydrogens is 232 g/mol. The van der Waals surface area contributed by atoms with Gasteiger partial charge in [0, 0.05) is 11.8 Å². The number of rotatable bonds is 2. The summed E-state index contributed by atoms with van der Waals surface area (Å²) in [5, 5.41) is 7.23. The average molecular weight is 242 g/mol. The zero-order chi connectivity index (χ0) is 12.5. The van der Waals surface area contributed by atoms with Crippen molar-refractivity contribution in [1.29, 1.82) is 0 Å². The molecule has 6 heteroatoms. The molecule has 0 fully saturated rings. The minimum atomic E-state index is -0.195. The van der Waals surface area contributed by atoms with Gasteiger partial charge in [-0.2, -0.15) is 5.10 Å². The van der Waals surface area contributed by atoms with E-state index in [1.807, 2.05) is 12.1 Å². The van der Waals surface area contributed by atoms with E-state index in [2.05, 4.69) is 20.2 Å². The molecule has 1 aromatic carbocycles. The topological polar surface area (TPSA) is 83.7 Å². The Kier molecular flexibility index (Phi) is 2.33. The average Bonchev–Trinajstić information content (AvgIpc) is 2.92. The van der Waals surface area contributed by atoms with Gasteiger partial charge in [0.25, 0.3) is 5.56 Å². The highest BCUT2D eigenvalue weighted by Gasteiger charge is 2.10. The van der Waals surface area contributed by atoms with Crippen molar-refractivity contribution in [2.45, 2.75) is 0 Å². The van der Waals surface area contributed by atoms with Crippen molar-refractivity contribution in [3.63, 3.8) is 0 Å². The summed E-state index contributed by atoms with van der Waals surface area (Å²) in [6.45, 7) is 0. The van der Waals surface area contributed by atoms with Crippen molar-refractivity contribution in [3.05, 3.63) is 41.1 Å². The van der Waals surface area contributed by atoms with Gasteiger partial charge in [-0.1, -0.05) is 0 Å². The Morgan fingerprint density at radius 3 is 2.94 bits per heavy atom. The molecule has 0 saturated heterocycles. The Bertz CT molecular complexity index is 746. The number of hydrogen-bond acceptors (Lipinski definition) is 4. The second kappa shape index (κ2) is 3.99. The largest absolute Gasteiger partial charge is 0.494 e. The van der Waals surface area contributed by atoms with Gasteiger partial charge in [-0.3, -0.25) is 9.89 Å². The highest BCUT2D eigenvalue weighted by molar-refractivity contribution is 5.88. The maximum atomic E-state index is 11.8. The number of hydrogen-bond donors (Lipinski definition) is 2. The number of ether oxygens (including phenoxy) is 1. The molecule has 0 bridgehead atoms. The summed E-state index contributed by atoms with van der Waals surface area (Å²) in [6.07, 6.45) is 3.02. The van der Waals surface area contributed by atoms with Crippen molar-refractivity contribution >= 4 is 10.9 Å². The Morgan fingerprint density at radius 2 is 2.22 bits per heavy atom. The van der Waals surface area contributed by atoms with Crippen LogP contribution in [0.1, 0.15) is 0 Å². The van der Waals surface area contributed by atoms with Crippen LogP contribution in [0.4, 0.5) is 0 Å². The SMILES string of the molecule is COc1cc(-c2ccn[nH]2)cc2c(=O)[nH]cnc12. The molecule has 0 atom stereocenters. The fourth-order valence-electron chi connectivity index (χ4n) is 1.88. The van der Waals surface area contributed by atoms with Gasteiger partial charge in [-0.25, -0.2) is 4.98 Å². The molecular formula is C12H10N4O2. The summed E-state index contributed by atoms with van der Waals surface area (Å²) >= 11 is 0. The van der Waals surface area contributed by atoms with Crippen LogP contribution in [0.2, 0.25) is 0 Å². The van der Waals surface area contributed by atoms with Crippen molar-refractivity contribution in [2.24, 2.45) is 0 Å². The first-order valence-electron chi connectivity index (χ1n) is 5.35. The molecule has 0 radical (unpaired) electrons. The van der Waals surface area contributed by atoms with Crippen molar-refractivity contribution in [1.82, 2.24) is 20.2 Å². The van der Waals surface area contributed by atoms with Gasteiger partial charge in [0.1, 0.15) is 11.3 Å². The Morgan fingerprint density at radius 1 is 1.33 bits per heavy atom. The summed E-state index contributed by atoms with van der Waals surface area (Å²) < 4.78 is 5.27. The normalized spacial score (nSPS) is 10.7. The number of H-pyrrole nitrogens is 2. The third kappa shape index (κ3) is 1.55. The molecule has 0 unspecified atom stereocenters. The fourth-order valence-corrected chi connectivity index (χ4v) is 1.88. The number of benzene rings is 1. The zero-order valence-corrected chi connectivity index (χ0v) is 9.60. The van der Waals surface area contributed by atoms with Crippen LogP contribution in [0.3, 0.4) is 0 Å². The third-order valence-electron chi connectivity index (χ3n) is 2.74. The fraction of sp³-hybridized carbons (Fsp3) is 0.0833. The van der Waals surface area contributed by atoms with E-state index >= 15 is 0 Å². The lowest BCUT2D eigenvalue weighted by Gasteiger charge is -2.06. The van der Waals surface area contributed by atoms with E-state index in [0.717, 1.165) is 11.3 Å². The number of methoxy groups -OCH3 is 1. The summed E-state index contributed by atoms with van der Waals surface area (Å²) in [6, 6.07) is 5.41. The summed E-state index contributed by atoms with van der Waals surface area (Å²) in [5.74, 6) is 0.559. The molecule has 0 aliphatic heterocycles. The zero-order valence-electron chi connectivity index (χ0n) is 9.60. The van der Waals surface area contributed by atoms with Crippen LogP contribution in [0.15, 0.2) is 35.5 Å². The lowest BCUT2D eigenvalue weighted by atomic mass is 10.1. The van der Waals surface area contributed by atoms with E-state index in [1.54, 1.807) is 19.4 Å². The van der Waals surface area contributed by atoms with Crippen LogP contribution in [-0.4, -0.2) is 27.3 Å². The van der Waals surface area contributed by atoms with E-state index in [4.69, 9.17) is 4.74 Å². The predicted octanol–water partition coefficient (Wildman–Crippen LogP) is 1.32. The Labute approximate surface area is 102 Å². The lowest BCUT2D eigenvalue weighted by molar-refractivity contribution is 0.419. The van der Waals surface area contributed by atoms with E-state index in [-0.39, 0.29) is 5.56 Å². The van der Waals surface area contributed by atoms with Crippen molar-refractivity contribution < 1.29 is 4.74 Å². The van der Waals surface area contributed by atoms with Crippen LogP contribution in [0.5, 0.6) is 5.75 Å². The van der Waals surface area contributed by atoms with Gasteiger partial charge < -0.3 is 9.72 Å². The maximum absolute atomic E-state index is 11.8. The van der Waals surface area contributed by atoms with Gasteiger partial charge in [0.15, 0.2) is 0 Å². The third-order valence-corrected chi connectivity index (χ3v) is 2.74. The van der Waals surface area contributed by atoms with E-state index < -0.39 is 0 Å². The minimum absolute atomic E-state index is 0.195. The van der Waals surface area contributed by atoms with Crippen LogP contribution >= 0.6 is 0 Å². The molecule has 2 heterocycles. The molecule has 90 valence electrons. The second-order valence-electron chi connectivity index (χ2n) is 3.78. The summed E-state index contributed by atoms with van der Waals surface area (Å²) in [7, 11) is 1.55. The molecule has 3 aromatic rings. The highest BCUT2D eigenvalue weighted by Crippen LogP contribution is 2.28. The van der Waals surface area contributed by atoms with Crippen LogP contribution in [0, 0.1) is 0 Å². The van der Waals surface area contributed by atoms with Gasteiger partial charge in [0.2, 0.25) is 0 Å². The second-order valence-corrected chi connectivity index (χ2v) is 3.78. The van der Waals surface area contributed by atoms with Crippen LogP contribution in [0.25, 0.3) is 22.2 Å². The van der Waals surface area contributed by atoms with Crippen LogP contribution < -0.4 is 10.3 Å². The Hall–Kier alpha value is -2.63. The molecule has 18 heavy (non-hydrogen) atoms. The number of aromatic amines is 2. The van der Waals surface area contributed by atoms with Gasteiger partial charge >= 0.3 is 0 Å². The standard InChI is InChI=1S/C12H10N4O2/c1-18-10-5-7(9-2-3-15-16-9)4-8-11(10)13-6-14-12(8)17/h2-6H,1H3,(H,15,16)(H,13,14,17). The van der Waals surface area contributed by atoms with E-state index in [1.165, 1.54) is 6.33 Å². The number of nitrogens with zero attached hydrogens (tertiary/aromatic N) is 2. The maximum Gasteiger partial charge on any atom is 0.258 e. The lowest BCUT2D eigenvalue weighted by Crippen LogP contribution is -2.07. The van der Waals surface area contributed by atoms with Gasteiger partial charge in [-0.05, 0) is 18.2 Å². The molecule has 0 saturated carbocycles.